The molecule has 1 rings (SSSR count). The van der Waals surface area contributed by atoms with Gasteiger partial charge in [-0.2, -0.15) is 0 Å². The zero-order valence-electron chi connectivity index (χ0n) is 9.10. The van der Waals surface area contributed by atoms with Gasteiger partial charge >= 0.3 is 0 Å². The summed E-state index contributed by atoms with van der Waals surface area (Å²) in [6, 6.07) is 1.77. The van der Waals surface area contributed by atoms with Crippen molar-refractivity contribution in [2.75, 3.05) is 18.1 Å². The second-order valence-corrected chi connectivity index (χ2v) is 4.68. The average molecular weight is 227 g/mol. The number of thioether (sulfide) groups is 1. The fourth-order valence-electron chi connectivity index (χ4n) is 1.03. The summed E-state index contributed by atoms with van der Waals surface area (Å²) in [6.45, 7) is 4.29. The van der Waals surface area contributed by atoms with Crippen molar-refractivity contribution in [3.63, 3.8) is 0 Å². The lowest BCUT2D eigenvalue weighted by atomic mass is 10.2. The molecule has 0 bridgehead atoms. The summed E-state index contributed by atoms with van der Waals surface area (Å²) in [5.41, 5.74) is 5.69. The zero-order valence-corrected chi connectivity index (χ0v) is 9.92. The largest absolute Gasteiger partial charge is 0.396 e. The molecule has 0 amide bonds. The van der Waals surface area contributed by atoms with E-state index in [0.29, 0.717) is 5.82 Å². The van der Waals surface area contributed by atoms with Crippen LogP contribution in [0.3, 0.4) is 0 Å². The Balaban J connectivity index is 2.71. The van der Waals surface area contributed by atoms with Crippen molar-refractivity contribution < 1.29 is 5.11 Å². The van der Waals surface area contributed by atoms with Crippen molar-refractivity contribution in [1.82, 2.24) is 9.97 Å². The van der Waals surface area contributed by atoms with Gasteiger partial charge in [-0.25, -0.2) is 9.97 Å². The molecule has 0 fully saturated rings. The minimum atomic E-state index is 0.213. The third-order valence-electron chi connectivity index (χ3n) is 1.81. The maximum Gasteiger partial charge on any atom is 0.134 e. The molecule has 0 aliphatic heterocycles. The number of aliphatic hydroxyl groups excluding tert-OH is 1. The SMILES string of the molecule is CC(C)c1nc(N)cc(SCCCO)n1. The number of nitrogen functional groups attached to an aromatic ring is 1. The van der Waals surface area contributed by atoms with Crippen LogP contribution in [0.15, 0.2) is 11.1 Å². The fraction of sp³-hybridized carbons (Fsp3) is 0.600. The smallest absolute Gasteiger partial charge is 0.134 e. The highest BCUT2D eigenvalue weighted by atomic mass is 32.2. The van der Waals surface area contributed by atoms with E-state index < -0.39 is 0 Å². The van der Waals surface area contributed by atoms with Crippen molar-refractivity contribution in [2.24, 2.45) is 0 Å². The van der Waals surface area contributed by atoms with Crippen LogP contribution in [0.1, 0.15) is 32.0 Å². The number of rotatable bonds is 5. The van der Waals surface area contributed by atoms with Crippen molar-refractivity contribution in [1.29, 1.82) is 0 Å². The highest BCUT2D eigenvalue weighted by molar-refractivity contribution is 7.99. The van der Waals surface area contributed by atoms with Gasteiger partial charge in [0.2, 0.25) is 0 Å². The first kappa shape index (κ1) is 12.3. The number of hydrogen-bond donors (Lipinski definition) is 2. The second-order valence-electron chi connectivity index (χ2n) is 3.57. The van der Waals surface area contributed by atoms with Crippen LogP contribution in [0.2, 0.25) is 0 Å². The standard InChI is InChI=1S/C10H17N3OS/c1-7(2)10-12-8(11)6-9(13-10)15-5-3-4-14/h6-7,14H,3-5H2,1-2H3,(H2,11,12,13). The Morgan fingerprint density at radius 2 is 2.20 bits per heavy atom. The lowest BCUT2D eigenvalue weighted by Gasteiger charge is -2.07. The van der Waals surface area contributed by atoms with E-state index in [0.717, 1.165) is 23.0 Å². The first-order valence-corrected chi connectivity index (χ1v) is 6.00. The van der Waals surface area contributed by atoms with Crippen LogP contribution in [-0.2, 0) is 0 Å². The summed E-state index contributed by atoms with van der Waals surface area (Å²) < 4.78 is 0. The molecule has 1 heterocycles. The zero-order chi connectivity index (χ0) is 11.3. The topological polar surface area (TPSA) is 72.0 Å². The van der Waals surface area contributed by atoms with Crippen LogP contribution in [0.4, 0.5) is 5.82 Å². The third-order valence-corrected chi connectivity index (χ3v) is 2.81. The van der Waals surface area contributed by atoms with Crippen molar-refractivity contribution in [3.05, 3.63) is 11.9 Å². The molecule has 84 valence electrons. The van der Waals surface area contributed by atoms with E-state index in [4.69, 9.17) is 10.8 Å². The van der Waals surface area contributed by atoms with Gasteiger partial charge in [-0.3, -0.25) is 0 Å². The van der Waals surface area contributed by atoms with E-state index in [9.17, 15) is 0 Å². The Hall–Kier alpha value is -0.810. The molecule has 0 saturated carbocycles. The van der Waals surface area contributed by atoms with Gasteiger partial charge in [0.05, 0.1) is 0 Å². The number of aromatic nitrogens is 2. The van der Waals surface area contributed by atoms with E-state index in [-0.39, 0.29) is 12.5 Å². The van der Waals surface area contributed by atoms with Gasteiger partial charge in [-0.15, -0.1) is 11.8 Å². The van der Waals surface area contributed by atoms with Crippen LogP contribution >= 0.6 is 11.8 Å². The van der Waals surface area contributed by atoms with Gasteiger partial charge in [-0.05, 0) is 6.42 Å². The Kier molecular flexibility index (Phi) is 4.84. The normalized spacial score (nSPS) is 10.9. The predicted octanol–water partition coefficient (Wildman–Crippen LogP) is 1.66. The molecule has 0 unspecified atom stereocenters. The van der Waals surface area contributed by atoms with E-state index >= 15 is 0 Å². The Morgan fingerprint density at radius 1 is 1.47 bits per heavy atom. The minimum absolute atomic E-state index is 0.213. The number of aliphatic hydroxyl groups is 1. The molecule has 0 saturated heterocycles. The molecular formula is C10H17N3OS. The molecular weight excluding hydrogens is 210 g/mol. The maximum absolute atomic E-state index is 8.67. The highest BCUT2D eigenvalue weighted by Gasteiger charge is 2.06. The predicted molar refractivity (Wildman–Crippen MR) is 63.0 cm³/mol. The quantitative estimate of drug-likeness (QED) is 0.454. The molecule has 1 aromatic heterocycles. The molecule has 1 aromatic rings. The Morgan fingerprint density at radius 3 is 2.80 bits per heavy atom. The summed E-state index contributed by atoms with van der Waals surface area (Å²) in [5, 5.41) is 9.56. The summed E-state index contributed by atoms with van der Waals surface area (Å²) in [4.78, 5) is 8.56. The first-order chi connectivity index (χ1) is 7.13. The number of hydrogen-bond acceptors (Lipinski definition) is 5. The summed E-state index contributed by atoms with van der Waals surface area (Å²) in [7, 11) is 0. The summed E-state index contributed by atoms with van der Waals surface area (Å²) >= 11 is 1.60. The Bertz CT molecular complexity index is 318. The second kappa shape index (κ2) is 5.92. The van der Waals surface area contributed by atoms with Crippen LogP contribution in [-0.4, -0.2) is 27.4 Å². The molecule has 3 N–H and O–H groups in total. The van der Waals surface area contributed by atoms with E-state index in [2.05, 4.69) is 9.97 Å². The lowest BCUT2D eigenvalue weighted by Crippen LogP contribution is -2.02. The molecule has 0 atom stereocenters. The molecule has 5 heteroatoms. The number of nitrogens with zero attached hydrogens (tertiary/aromatic N) is 2. The fourth-order valence-corrected chi connectivity index (χ4v) is 1.88. The molecule has 0 spiro atoms. The molecule has 0 aliphatic rings. The van der Waals surface area contributed by atoms with Crippen LogP contribution < -0.4 is 5.73 Å². The summed E-state index contributed by atoms with van der Waals surface area (Å²) in [6.07, 6.45) is 0.769. The van der Waals surface area contributed by atoms with E-state index in [1.807, 2.05) is 13.8 Å². The lowest BCUT2D eigenvalue weighted by molar-refractivity contribution is 0.296. The van der Waals surface area contributed by atoms with Gasteiger partial charge in [0, 0.05) is 24.3 Å². The van der Waals surface area contributed by atoms with E-state index in [1.165, 1.54) is 0 Å². The van der Waals surface area contributed by atoms with E-state index in [1.54, 1.807) is 17.8 Å². The van der Waals surface area contributed by atoms with Gasteiger partial charge in [0.1, 0.15) is 16.7 Å². The third kappa shape index (κ3) is 4.05. The van der Waals surface area contributed by atoms with Gasteiger partial charge in [0.25, 0.3) is 0 Å². The monoisotopic (exact) mass is 227 g/mol. The maximum atomic E-state index is 8.67. The molecule has 4 nitrogen and oxygen atoms in total. The molecule has 0 aliphatic carbocycles. The van der Waals surface area contributed by atoms with Crippen molar-refractivity contribution >= 4 is 17.6 Å². The van der Waals surface area contributed by atoms with Gasteiger partial charge in [-0.1, -0.05) is 13.8 Å². The van der Waals surface area contributed by atoms with Gasteiger partial charge in [0.15, 0.2) is 0 Å². The molecule has 15 heavy (non-hydrogen) atoms. The Labute approximate surface area is 94.3 Å². The van der Waals surface area contributed by atoms with Crippen LogP contribution in [0.25, 0.3) is 0 Å². The highest BCUT2D eigenvalue weighted by Crippen LogP contribution is 2.20. The van der Waals surface area contributed by atoms with Crippen LogP contribution in [0.5, 0.6) is 0 Å². The molecule has 0 radical (unpaired) electrons. The first-order valence-electron chi connectivity index (χ1n) is 5.01. The summed E-state index contributed by atoms with van der Waals surface area (Å²) in [5.74, 6) is 2.43. The molecule has 0 aromatic carbocycles. The number of nitrogens with two attached hydrogens (primary N) is 1. The van der Waals surface area contributed by atoms with Crippen molar-refractivity contribution in [2.45, 2.75) is 31.2 Å². The van der Waals surface area contributed by atoms with Crippen LogP contribution in [0, 0.1) is 0 Å². The average Bonchev–Trinajstić information content (AvgIpc) is 2.17. The van der Waals surface area contributed by atoms with Crippen molar-refractivity contribution in [3.8, 4) is 0 Å². The van der Waals surface area contributed by atoms with Gasteiger partial charge < -0.3 is 10.8 Å². The number of anilines is 1. The minimum Gasteiger partial charge on any atom is -0.396 e.